The first-order valence-electron chi connectivity index (χ1n) is 9.46. The van der Waals surface area contributed by atoms with E-state index in [1.54, 1.807) is 18.3 Å². The standard InChI is InChI=1S/C22H21ClFN3O/c23-15-4-9-19-20(10-11-25-21(19)13-15)26-17-5-7-18(8-6-17)27-22(28)14-2-1-3-16(24)12-14/h1-4,9-13,17-18H,5-8H2,(H,25,26)(H,27,28). The molecule has 0 radical (unpaired) electrons. The van der Waals surface area contributed by atoms with Crippen molar-refractivity contribution in [2.24, 2.45) is 0 Å². The molecule has 0 saturated heterocycles. The Balaban J connectivity index is 1.35. The van der Waals surface area contributed by atoms with E-state index in [2.05, 4.69) is 15.6 Å². The van der Waals surface area contributed by atoms with Gasteiger partial charge in [-0.25, -0.2) is 4.39 Å². The lowest BCUT2D eigenvalue weighted by Gasteiger charge is -2.30. The quantitative estimate of drug-likeness (QED) is 0.637. The van der Waals surface area contributed by atoms with E-state index in [0.717, 1.165) is 42.3 Å². The van der Waals surface area contributed by atoms with Gasteiger partial charge < -0.3 is 10.6 Å². The van der Waals surface area contributed by atoms with Crippen LogP contribution in [0, 0.1) is 5.82 Å². The highest BCUT2D eigenvalue weighted by Gasteiger charge is 2.23. The molecule has 0 bridgehead atoms. The minimum absolute atomic E-state index is 0.113. The number of benzene rings is 2. The first-order valence-corrected chi connectivity index (χ1v) is 9.83. The van der Waals surface area contributed by atoms with Crippen molar-refractivity contribution in [3.63, 3.8) is 0 Å². The molecule has 1 amide bonds. The second kappa shape index (κ2) is 8.15. The molecule has 1 aliphatic carbocycles. The number of nitrogens with zero attached hydrogens (tertiary/aromatic N) is 1. The fraction of sp³-hybridized carbons (Fsp3) is 0.273. The van der Waals surface area contributed by atoms with E-state index in [1.807, 2.05) is 24.3 Å². The van der Waals surface area contributed by atoms with Crippen molar-refractivity contribution in [3.05, 3.63) is 71.1 Å². The molecule has 1 fully saturated rings. The van der Waals surface area contributed by atoms with Crippen molar-refractivity contribution in [3.8, 4) is 0 Å². The van der Waals surface area contributed by atoms with Gasteiger partial charge >= 0.3 is 0 Å². The Kier molecular flexibility index (Phi) is 5.44. The van der Waals surface area contributed by atoms with Crippen molar-refractivity contribution in [1.29, 1.82) is 0 Å². The SMILES string of the molecule is O=C(NC1CCC(Nc2ccnc3cc(Cl)ccc23)CC1)c1cccc(F)c1. The highest BCUT2D eigenvalue weighted by Crippen LogP contribution is 2.28. The Morgan fingerprint density at radius 1 is 1.04 bits per heavy atom. The molecular weight excluding hydrogens is 377 g/mol. The summed E-state index contributed by atoms with van der Waals surface area (Å²) >= 11 is 6.06. The van der Waals surface area contributed by atoms with E-state index in [9.17, 15) is 9.18 Å². The molecule has 1 heterocycles. The molecule has 144 valence electrons. The van der Waals surface area contributed by atoms with Gasteiger partial charge in [-0.1, -0.05) is 17.7 Å². The molecule has 1 saturated carbocycles. The minimum Gasteiger partial charge on any atom is -0.382 e. The van der Waals surface area contributed by atoms with Crippen LogP contribution in [0.25, 0.3) is 10.9 Å². The number of aromatic nitrogens is 1. The largest absolute Gasteiger partial charge is 0.382 e. The average molecular weight is 398 g/mol. The van der Waals surface area contributed by atoms with Crippen LogP contribution in [0.5, 0.6) is 0 Å². The maximum absolute atomic E-state index is 13.3. The van der Waals surface area contributed by atoms with Gasteiger partial charge in [0.2, 0.25) is 0 Å². The number of anilines is 1. The lowest BCUT2D eigenvalue weighted by molar-refractivity contribution is 0.0926. The van der Waals surface area contributed by atoms with Crippen LogP contribution in [0.2, 0.25) is 5.02 Å². The molecule has 0 spiro atoms. The lowest BCUT2D eigenvalue weighted by atomic mass is 9.90. The minimum atomic E-state index is -0.397. The zero-order valence-corrected chi connectivity index (χ0v) is 16.0. The molecule has 2 aromatic carbocycles. The van der Waals surface area contributed by atoms with Crippen LogP contribution in [0.4, 0.5) is 10.1 Å². The normalized spacial score (nSPS) is 19.4. The maximum Gasteiger partial charge on any atom is 0.251 e. The highest BCUT2D eigenvalue weighted by atomic mass is 35.5. The van der Waals surface area contributed by atoms with E-state index in [1.165, 1.54) is 12.1 Å². The molecule has 6 heteroatoms. The second-order valence-electron chi connectivity index (χ2n) is 7.20. The topological polar surface area (TPSA) is 54.0 Å². The summed E-state index contributed by atoms with van der Waals surface area (Å²) in [5.41, 5.74) is 2.28. The Morgan fingerprint density at radius 2 is 1.82 bits per heavy atom. The van der Waals surface area contributed by atoms with E-state index in [0.29, 0.717) is 16.6 Å². The summed E-state index contributed by atoms with van der Waals surface area (Å²) in [6.07, 6.45) is 5.45. The molecule has 4 nitrogen and oxygen atoms in total. The van der Waals surface area contributed by atoms with Gasteiger partial charge in [0.15, 0.2) is 0 Å². The van der Waals surface area contributed by atoms with Gasteiger partial charge in [0, 0.05) is 39.9 Å². The van der Waals surface area contributed by atoms with Crippen LogP contribution in [0.3, 0.4) is 0 Å². The van der Waals surface area contributed by atoms with Gasteiger partial charge in [0.25, 0.3) is 5.91 Å². The number of rotatable bonds is 4. The van der Waals surface area contributed by atoms with E-state index in [4.69, 9.17) is 11.6 Å². The van der Waals surface area contributed by atoms with Crippen LogP contribution in [-0.4, -0.2) is 23.0 Å². The third-order valence-corrected chi connectivity index (χ3v) is 5.45. The number of nitrogens with one attached hydrogen (secondary N) is 2. The first kappa shape index (κ1) is 18.7. The average Bonchev–Trinajstić information content (AvgIpc) is 2.69. The zero-order chi connectivity index (χ0) is 19.5. The summed E-state index contributed by atoms with van der Waals surface area (Å²) in [6.45, 7) is 0. The Bertz CT molecular complexity index is 1000. The van der Waals surface area contributed by atoms with Gasteiger partial charge in [-0.2, -0.15) is 0 Å². The van der Waals surface area contributed by atoms with Crippen molar-refractivity contribution in [1.82, 2.24) is 10.3 Å². The maximum atomic E-state index is 13.3. The fourth-order valence-electron chi connectivity index (χ4n) is 3.75. The molecule has 1 aliphatic rings. The van der Waals surface area contributed by atoms with E-state index in [-0.39, 0.29) is 11.9 Å². The van der Waals surface area contributed by atoms with Gasteiger partial charge in [0.05, 0.1) is 5.52 Å². The molecule has 0 aliphatic heterocycles. The van der Waals surface area contributed by atoms with Crippen LogP contribution >= 0.6 is 11.6 Å². The summed E-state index contributed by atoms with van der Waals surface area (Å²) < 4.78 is 13.3. The molecular formula is C22H21ClFN3O. The predicted molar refractivity (Wildman–Crippen MR) is 110 cm³/mol. The Labute approximate surface area is 168 Å². The Hall–Kier alpha value is -2.66. The predicted octanol–water partition coefficient (Wildman–Crippen LogP) is 5.18. The summed E-state index contributed by atoms with van der Waals surface area (Å²) in [4.78, 5) is 16.7. The molecule has 3 aromatic rings. The number of pyridine rings is 1. The van der Waals surface area contributed by atoms with Crippen molar-refractivity contribution in [2.75, 3.05) is 5.32 Å². The summed E-state index contributed by atoms with van der Waals surface area (Å²) in [6, 6.07) is 13.9. The molecule has 0 atom stereocenters. The van der Waals surface area contributed by atoms with Gasteiger partial charge in [-0.3, -0.25) is 9.78 Å². The molecule has 28 heavy (non-hydrogen) atoms. The molecule has 2 N–H and O–H groups in total. The number of hydrogen-bond acceptors (Lipinski definition) is 3. The number of halogens is 2. The number of carbonyl (C=O) groups is 1. The Morgan fingerprint density at radius 3 is 2.61 bits per heavy atom. The first-order chi connectivity index (χ1) is 13.6. The molecule has 0 unspecified atom stereocenters. The number of amides is 1. The molecule has 4 rings (SSSR count). The van der Waals surface area contributed by atoms with Gasteiger partial charge in [-0.15, -0.1) is 0 Å². The van der Waals surface area contributed by atoms with Crippen LogP contribution in [-0.2, 0) is 0 Å². The highest BCUT2D eigenvalue weighted by molar-refractivity contribution is 6.31. The third kappa shape index (κ3) is 4.25. The van der Waals surface area contributed by atoms with Crippen molar-refractivity contribution < 1.29 is 9.18 Å². The number of hydrogen-bond donors (Lipinski definition) is 2. The molecule has 1 aromatic heterocycles. The number of fused-ring (bicyclic) bond motifs is 1. The van der Waals surface area contributed by atoms with Gasteiger partial charge in [-0.05, 0) is 68.1 Å². The van der Waals surface area contributed by atoms with Crippen molar-refractivity contribution >= 4 is 34.1 Å². The second-order valence-corrected chi connectivity index (χ2v) is 7.63. The van der Waals surface area contributed by atoms with Gasteiger partial charge in [0.1, 0.15) is 5.82 Å². The van der Waals surface area contributed by atoms with Crippen LogP contribution in [0.1, 0.15) is 36.0 Å². The number of carbonyl (C=O) groups excluding carboxylic acids is 1. The van der Waals surface area contributed by atoms with E-state index < -0.39 is 5.82 Å². The lowest BCUT2D eigenvalue weighted by Crippen LogP contribution is -2.40. The third-order valence-electron chi connectivity index (χ3n) is 5.21. The zero-order valence-electron chi connectivity index (χ0n) is 15.3. The van der Waals surface area contributed by atoms with Crippen molar-refractivity contribution in [2.45, 2.75) is 37.8 Å². The fourth-order valence-corrected chi connectivity index (χ4v) is 3.91. The summed E-state index contributed by atoms with van der Waals surface area (Å²) in [5, 5.41) is 8.36. The smallest absolute Gasteiger partial charge is 0.251 e. The summed E-state index contributed by atoms with van der Waals surface area (Å²) in [7, 11) is 0. The van der Waals surface area contributed by atoms with Crippen LogP contribution in [0.15, 0.2) is 54.7 Å². The monoisotopic (exact) mass is 397 g/mol. The van der Waals surface area contributed by atoms with E-state index >= 15 is 0 Å². The van der Waals surface area contributed by atoms with Crippen LogP contribution < -0.4 is 10.6 Å². The summed E-state index contributed by atoms with van der Waals surface area (Å²) in [5.74, 6) is -0.612.